The molecule has 0 aliphatic heterocycles. The summed E-state index contributed by atoms with van der Waals surface area (Å²) >= 11 is 5.89. The Balaban J connectivity index is 2.11. The van der Waals surface area contributed by atoms with Crippen LogP contribution >= 0.6 is 11.6 Å². The molecule has 1 aliphatic carbocycles. The molecule has 2 N–H and O–H groups in total. The van der Waals surface area contributed by atoms with Crippen LogP contribution in [0.15, 0.2) is 24.3 Å². The van der Waals surface area contributed by atoms with Gasteiger partial charge in [-0.05, 0) is 37.1 Å². The predicted octanol–water partition coefficient (Wildman–Crippen LogP) is 3.05. The zero-order valence-corrected chi connectivity index (χ0v) is 10.5. The molecule has 0 amide bonds. The molecule has 0 aromatic heterocycles. The van der Waals surface area contributed by atoms with Gasteiger partial charge in [0.05, 0.1) is 0 Å². The van der Waals surface area contributed by atoms with Crippen molar-refractivity contribution in [3.8, 4) is 0 Å². The van der Waals surface area contributed by atoms with Crippen LogP contribution in [0.1, 0.15) is 25.7 Å². The van der Waals surface area contributed by atoms with Gasteiger partial charge in [0.2, 0.25) is 0 Å². The Kier molecular flexibility index (Phi) is 3.72. The quantitative estimate of drug-likeness (QED) is 0.858. The fourth-order valence-electron chi connectivity index (χ4n) is 2.49. The van der Waals surface area contributed by atoms with Crippen molar-refractivity contribution >= 4 is 17.3 Å². The molecule has 2 atom stereocenters. The summed E-state index contributed by atoms with van der Waals surface area (Å²) in [6.07, 6.45) is 4.89. The first-order valence-electron chi connectivity index (χ1n) is 5.92. The fraction of sp³-hybridized carbons (Fsp3) is 0.538. The maximum atomic E-state index is 6.18. The van der Waals surface area contributed by atoms with Gasteiger partial charge in [0.15, 0.2) is 0 Å². The molecule has 0 radical (unpaired) electrons. The molecule has 3 heteroatoms. The standard InChI is InChI=1S/C13H19ClN2/c1-16(11-8-6-10(14)7-9-11)13-5-3-2-4-12(13)15/h6-9,12-13H,2-5,15H2,1H3. The highest BCUT2D eigenvalue weighted by Crippen LogP contribution is 2.26. The molecule has 16 heavy (non-hydrogen) atoms. The number of nitrogens with two attached hydrogens (primary N) is 1. The minimum absolute atomic E-state index is 0.300. The summed E-state index contributed by atoms with van der Waals surface area (Å²) in [7, 11) is 2.12. The van der Waals surface area contributed by atoms with E-state index in [0.717, 1.165) is 11.4 Å². The molecule has 0 bridgehead atoms. The van der Waals surface area contributed by atoms with E-state index >= 15 is 0 Å². The van der Waals surface area contributed by atoms with E-state index in [0.29, 0.717) is 12.1 Å². The van der Waals surface area contributed by atoms with Crippen LogP contribution in [0.5, 0.6) is 0 Å². The number of benzene rings is 1. The first-order chi connectivity index (χ1) is 7.68. The SMILES string of the molecule is CN(c1ccc(Cl)cc1)C1CCCCC1N. The van der Waals surface area contributed by atoms with Gasteiger partial charge in [-0.2, -0.15) is 0 Å². The fourth-order valence-corrected chi connectivity index (χ4v) is 2.61. The zero-order valence-electron chi connectivity index (χ0n) is 9.70. The third kappa shape index (κ3) is 2.50. The van der Waals surface area contributed by atoms with Crippen LogP contribution in [0.4, 0.5) is 5.69 Å². The van der Waals surface area contributed by atoms with Gasteiger partial charge in [-0.15, -0.1) is 0 Å². The smallest absolute Gasteiger partial charge is 0.0437 e. The predicted molar refractivity (Wildman–Crippen MR) is 70.1 cm³/mol. The molecule has 2 rings (SSSR count). The molecule has 0 heterocycles. The lowest BCUT2D eigenvalue weighted by Crippen LogP contribution is -2.48. The first-order valence-corrected chi connectivity index (χ1v) is 6.30. The summed E-state index contributed by atoms with van der Waals surface area (Å²) in [5, 5.41) is 0.782. The lowest BCUT2D eigenvalue weighted by molar-refractivity contribution is 0.373. The second-order valence-corrected chi connectivity index (χ2v) is 5.04. The van der Waals surface area contributed by atoms with Crippen molar-refractivity contribution in [2.75, 3.05) is 11.9 Å². The zero-order chi connectivity index (χ0) is 11.5. The van der Waals surface area contributed by atoms with Crippen LogP contribution in [0.3, 0.4) is 0 Å². The summed E-state index contributed by atoms with van der Waals surface area (Å²) in [5.74, 6) is 0. The Morgan fingerprint density at radius 1 is 1.19 bits per heavy atom. The third-order valence-corrected chi connectivity index (χ3v) is 3.76. The van der Waals surface area contributed by atoms with E-state index in [1.54, 1.807) is 0 Å². The van der Waals surface area contributed by atoms with Crippen molar-refractivity contribution in [2.45, 2.75) is 37.8 Å². The van der Waals surface area contributed by atoms with Gasteiger partial charge in [0.25, 0.3) is 0 Å². The summed E-state index contributed by atoms with van der Waals surface area (Å²) in [5.41, 5.74) is 7.38. The van der Waals surface area contributed by atoms with Gasteiger partial charge >= 0.3 is 0 Å². The largest absolute Gasteiger partial charge is 0.370 e. The number of hydrogen-bond acceptors (Lipinski definition) is 2. The highest BCUT2D eigenvalue weighted by molar-refractivity contribution is 6.30. The second-order valence-electron chi connectivity index (χ2n) is 4.60. The Morgan fingerprint density at radius 3 is 2.44 bits per heavy atom. The molecule has 1 aliphatic rings. The van der Waals surface area contributed by atoms with Gasteiger partial charge in [0.1, 0.15) is 0 Å². The molecule has 0 spiro atoms. The van der Waals surface area contributed by atoms with Crippen molar-refractivity contribution in [2.24, 2.45) is 5.73 Å². The van der Waals surface area contributed by atoms with Gasteiger partial charge in [-0.3, -0.25) is 0 Å². The van der Waals surface area contributed by atoms with Crippen molar-refractivity contribution in [3.05, 3.63) is 29.3 Å². The Morgan fingerprint density at radius 2 is 1.81 bits per heavy atom. The minimum Gasteiger partial charge on any atom is -0.370 e. The average Bonchev–Trinajstić information content (AvgIpc) is 2.30. The van der Waals surface area contributed by atoms with E-state index in [1.165, 1.54) is 24.9 Å². The molecule has 1 saturated carbocycles. The number of halogens is 1. The first kappa shape index (κ1) is 11.7. The molecule has 2 unspecified atom stereocenters. The third-order valence-electron chi connectivity index (χ3n) is 3.51. The maximum absolute atomic E-state index is 6.18. The van der Waals surface area contributed by atoms with E-state index in [1.807, 2.05) is 12.1 Å². The van der Waals surface area contributed by atoms with E-state index < -0.39 is 0 Å². The molecule has 0 saturated heterocycles. The van der Waals surface area contributed by atoms with Gasteiger partial charge in [-0.1, -0.05) is 24.4 Å². The molecule has 88 valence electrons. The number of anilines is 1. The normalized spacial score (nSPS) is 25.4. The number of likely N-dealkylation sites (N-methyl/N-ethyl adjacent to an activating group) is 1. The van der Waals surface area contributed by atoms with E-state index in [2.05, 4.69) is 24.1 Å². The summed E-state index contributed by atoms with van der Waals surface area (Å²) in [6.45, 7) is 0. The van der Waals surface area contributed by atoms with Crippen molar-refractivity contribution in [3.63, 3.8) is 0 Å². The van der Waals surface area contributed by atoms with E-state index in [4.69, 9.17) is 17.3 Å². The lowest BCUT2D eigenvalue weighted by Gasteiger charge is -2.37. The summed E-state index contributed by atoms with van der Waals surface area (Å²) < 4.78 is 0. The van der Waals surface area contributed by atoms with Crippen molar-refractivity contribution in [1.82, 2.24) is 0 Å². The summed E-state index contributed by atoms with van der Waals surface area (Å²) in [6, 6.07) is 8.75. The van der Waals surface area contributed by atoms with E-state index in [-0.39, 0.29) is 0 Å². The molecule has 1 aromatic carbocycles. The van der Waals surface area contributed by atoms with Crippen LogP contribution in [-0.4, -0.2) is 19.1 Å². The van der Waals surface area contributed by atoms with Gasteiger partial charge in [0, 0.05) is 29.8 Å². The van der Waals surface area contributed by atoms with Crippen LogP contribution in [-0.2, 0) is 0 Å². The molecule has 1 aromatic rings. The van der Waals surface area contributed by atoms with E-state index in [9.17, 15) is 0 Å². The number of nitrogens with zero attached hydrogens (tertiary/aromatic N) is 1. The highest BCUT2D eigenvalue weighted by atomic mass is 35.5. The molecular weight excluding hydrogens is 220 g/mol. The average molecular weight is 239 g/mol. The number of hydrogen-bond donors (Lipinski definition) is 1. The van der Waals surface area contributed by atoms with Crippen molar-refractivity contribution in [1.29, 1.82) is 0 Å². The summed E-state index contributed by atoms with van der Waals surface area (Å²) in [4.78, 5) is 2.29. The molecular formula is C13H19ClN2. The Hall–Kier alpha value is -0.730. The van der Waals surface area contributed by atoms with Gasteiger partial charge < -0.3 is 10.6 Å². The highest BCUT2D eigenvalue weighted by Gasteiger charge is 2.25. The van der Waals surface area contributed by atoms with Crippen LogP contribution in [0, 0.1) is 0 Å². The topological polar surface area (TPSA) is 29.3 Å². The maximum Gasteiger partial charge on any atom is 0.0437 e. The number of rotatable bonds is 2. The minimum atomic E-state index is 0.300. The monoisotopic (exact) mass is 238 g/mol. The second kappa shape index (κ2) is 5.07. The van der Waals surface area contributed by atoms with Crippen LogP contribution < -0.4 is 10.6 Å². The Labute approximate surface area is 102 Å². The van der Waals surface area contributed by atoms with Crippen LogP contribution in [0.25, 0.3) is 0 Å². The van der Waals surface area contributed by atoms with Gasteiger partial charge in [-0.25, -0.2) is 0 Å². The van der Waals surface area contributed by atoms with Crippen LogP contribution in [0.2, 0.25) is 5.02 Å². The van der Waals surface area contributed by atoms with Crippen molar-refractivity contribution < 1.29 is 0 Å². The molecule has 2 nitrogen and oxygen atoms in total. The Bertz CT molecular complexity index is 336. The lowest BCUT2D eigenvalue weighted by atomic mass is 9.90. The molecule has 1 fully saturated rings.